The largest absolute Gasteiger partial charge is 0.788 e. The summed E-state index contributed by atoms with van der Waals surface area (Å²) in [5.74, 6) is 1.06. The van der Waals surface area contributed by atoms with E-state index in [2.05, 4.69) is 4.98 Å². The van der Waals surface area contributed by atoms with Crippen molar-refractivity contribution in [3.8, 4) is 11.5 Å². The number of rotatable bonds is 9. The highest BCUT2D eigenvalue weighted by atomic mass is 35.5. The molecule has 0 unspecified atom stereocenters. The first kappa shape index (κ1) is 24.9. The maximum Gasteiger partial charge on any atom is 0.788 e. The van der Waals surface area contributed by atoms with E-state index >= 15 is 0 Å². The fourth-order valence-corrected chi connectivity index (χ4v) is 3.67. The highest BCUT2D eigenvalue weighted by Gasteiger charge is 2.27. The molecule has 0 bridgehead atoms. The van der Waals surface area contributed by atoms with Gasteiger partial charge in [0, 0.05) is 21.8 Å². The topological polar surface area (TPSA) is 40.6 Å². The van der Waals surface area contributed by atoms with Gasteiger partial charge in [0.1, 0.15) is 11.5 Å². The molecule has 7 heteroatoms. The van der Waals surface area contributed by atoms with Gasteiger partial charge in [0.15, 0.2) is 0 Å². The number of halogens is 2. The summed E-state index contributed by atoms with van der Waals surface area (Å²) in [6.07, 6.45) is 3.73. The lowest BCUT2D eigenvalue weighted by molar-refractivity contribution is 0.223. The van der Waals surface area contributed by atoms with Crippen LogP contribution >= 0.6 is 23.2 Å². The summed E-state index contributed by atoms with van der Waals surface area (Å²) in [5, 5.41) is 1.20. The average molecular weight is 504 g/mol. The maximum absolute atomic E-state index is 6.28. The molecule has 0 aliphatic heterocycles. The lowest BCUT2D eigenvalue weighted by atomic mass is 10.0. The summed E-state index contributed by atoms with van der Waals surface area (Å²) >= 11 is 12.6. The van der Waals surface area contributed by atoms with Gasteiger partial charge in [-0.05, 0) is 66.9 Å². The summed E-state index contributed by atoms with van der Waals surface area (Å²) in [5.41, 5.74) is 4.73. The molecule has 176 valence electrons. The van der Waals surface area contributed by atoms with E-state index in [-0.39, 0.29) is 6.61 Å². The number of benzene rings is 3. The van der Waals surface area contributed by atoms with Gasteiger partial charge in [0.2, 0.25) is 0 Å². The van der Waals surface area contributed by atoms with Gasteiger partial charge in [0.05, 0.1) is 12.3 Å². The van der Waals surface area contributed by atoms with Crippen molar-refractivity contribution in [3.05, 3.63) is 130 Å². The predicted octanol–water partition coefficient (Wildman–Crippen LogP) is 7.60. The molecule has 1 aromatic heterocycles. The Morgan fingerprint density at radius 1 is 0.800 bits per heavy atom. The van der Waals surface area contributed by atoms with E-state index in [1.807, 2.05) is 92.7 Å². The Hall–Kier alpha value is -3.25. The SMILES string of the molecule is Cc1ccc(OB(OC/C=C(/c2ccccc2)c2ccccn2)Oc2ccc(C)c(Cl)c2)cc1Cl. The zero-order valence-corrected chi connectivity index (χ0v) is 21.0. The van der Waals surface area contributed by atoms with Crippen LogP contribution < -0.4 is 9.31 Å². The fourth-order valence-electron chi connectivity index (χ4n) is 3.33. The third-order valence-electron chi connectivity index (χ3n) is 5.30. The van der Waals surface area contributed by atoms with Crippen molar-refractivity contribution < 1.29 is 14.0 Å². The molecule has 4 rings (SSSR count). The van der Waals surface area contributed by atoms with Crippen LogP contribution in [0.3, 0.4) is 0 Å². The van der Waals surface area contributed by atoms with Crippen molar-refractivity contribution >= 4 is 36.1 Å². The second-order valence-electron chi connectivity index (χ2n) is 7.88. The highest BCUT2D eigenvalue weighted by Crippen LogP contribution is 2.26. The zero-order chi connectivity index (χ0) is 24.6. The third-order valence-corrected chi connectivity index (χ3v) is 6.11. The summed E-state index contributed by atoms with van der Waals surface area (Å²) in [6.45, 7) is 4.07. The maximum atomic E-state index is 6.28. The minimum Gasteiger partial charge on any atom is -0.501 e. The molecule has 0 radical (unpaired) electrons. The molecule has 0 saturated heterocycles. The molecule has 0 aliphatic carbocycles. The Bertz CT molecular complexity index is 1210. The predicted molar refractivity (Wildman–Crippen MR) is 143 cm³/mol. The second-order valence-corrected chi connectivity index (χ2v) is 8.69. The van der Waals surface area contributed by atoms with Crippen LogP contribution in [-0.2, 0) is 4.65 Å². The number of hydrogen-bond donors (Lipinski definition) is 0. The van der Waals surface area contributed by atoms with Gasteiger partial charge < -0.3 is 14.0 Å². The fraction of sp³-hybridized carbons (Fsp3) is 0.107. The molecule has 0 amide bonds. The molecule has 4 aromatic rings. The highest BCUT2D eigenvalue weighted by molar-refractivity contribution is 6.39. The molecule has 4 nitrogen and oxygen atoms in total. The van der Waals surface area contributed by atoms with E-state index < -0.39 is 7.32 Å². The number of pyridine rings is 1. The Balaban J connectivity index is 1.57. The standard InChI is InChI=1S/C28H24BCl2NO3/c1-20-11-13-23(18-26(20)30)34-29(35-24-14-12-21(2)27(31)19-24)33-17-15-25(22-8-4-3-5-9-22)28-10-6-7-16-32-28/h3-16,18-19H,17H2,1-2H3/b25-15-. The van der Waals surface area contributed by atoms with E-state index in [1.165, 1.54) is 0 Å². The van der Waals surface area contributed by atoms with Crippen molar-refractivity contribution in [3.63, 3.8) is 0 Å². The molecule has 35 heavy (non-hydrogen) atoms. The van der Waals surface area contributed by atoms with Crippen LogP contribution in [0.4, 0.5) is 0 Å². The summed E-state index contributed by atoms with van der Waals surface area (Å²) in [7, 11) is -1.04. The Morgan fingerprint density at radius 3 is 1.94 bits per heavy atom. The minimum atomic E-state index is -1.04. The van der Waals surface area contributed by atoms with Crippen LogP contribution in [0.1, 0.15) is 22.4 Å². The molecular weight excluding hydrogens is 480 g/mol. The lowest BCUT2D eigenvalue weighted by Gasteiger charge is -2.17. The quantitative estimate of drug-likeness (QED) is 0.220. The number of aryl methyl sites for hydroxylation is 2. The first-order valence-corrected chi connectivity index (χ1v) is 11.9. The first-order valence-electron chi connectivity index (χ1n) is 11.1. The summed E-state index contributed by atoms with van der Waals surface area (Å²) in [6, 6.07) is 26.7. The first-order chi connectivity index (χ1) is 17.0. The van der Waals surface area contributed by atoms with Gasteiger partial charge in [-0.1, -0.05) is 77.8 Å². The monoisotopic (exact) mass is 503 g/mol. The zero-order valence-electron chi connectivity index (χ0n) is 19.4. The summed E-state index contributed by atoms with van der Waals surface area (Å²) < 4.78 is 18.0. The van der Waals surface area contributed by atoms with E-state index in [4.69, 9.17) is 37.2 Å². The molecular formula is C28H24BCl2NO3. The van der Waals surface area contributed by atoms with Crippen LogP contribution in [0.5, 0.6) is 11.5 Å². The smallest absolute Gasteiger partial charge is 0.501 e. The van der Waals surface area contributed by atoms with Crippen molar-refractivity contribution in [2.45, 2.75) is 13.8 Å². The van der Waals surface area contributed by atoms with Crippen molar-refractivity contribution in [2.75, 3.05) is 6.61 Å². The van der Waals surface area contributed by atoms with E-state index in [9.17, 15) is 0 Å². The average Bonchev–Trinajstić information content (AvgIpc) is 2.87. The van der Waals surface area contributed by atoms with Crippen molar-refractivity contribution in [2.24, 2.45) is 0 Å². The third kappa shape index (κ3) is 6.89. The molecule has 0 aliphatic rings. The molecule has 1 heterocycles. The van der Waals surface area contributed by atoms with Gasteiger partial charge in [-0.3, -0.25) is 4.98 Å². The van der Waals surface area contributed by atoms with Crippen molar-refractivity contribution in [1.82, 2.24) is 4.98 Å². The molecule has 0 atom stereocenters. The van der Waals surface area contributed by atoms with Crippen LogP contribution in [0.15, 0.2) is 97.2 Å². The van der Waals surface area contributed by atoms with E-state index in [0.717, 1.165) is 28.0 Å². The van der Waals surface area contributed by atoms with E-state index in [1.54, 1.807) is 18.3 Å². The van der Waals surface area contributed by atoms with Crippen molar-refractivity contribution in [1.29, 1.82) is 0 Å². The van der Waals surface area contributed by atoms with Gasteiger partial charge in [-0.2, -0.15) is 0 Å². The van der Waals surface area contributed by atoms with Crippen LogP contribution in [-0.4, -0.2) is 18.9 Å². The minimum absolute atomic E-state index is 0.213. The van der Waals surface area contributed by atoms with Crippen LogP contribution in [0, 0.1) is 13.8 Å². The molecule has 0 spiro atoms. The Kier molecular flexibility index (Phi) is 8.48. The number of aromatic nitrogens is 1. The molecule has 3 aromatic carbocycles. The summed E-state index contributed by atoms with van der Waals surface area (Å²) in [4.78, 5) is 4.51. The van der Waals surface area contributed by atoms with Gasteiger partial charge in [0.25, 0.3) is 0 Å². The lowest BCUT2D eigenvalue weighted by Crippen LogP contribution is -2.34. The molecule has 0 N–H and O–H groups in total. The molecule has 0 saturated carbocycles. The van der Waals surface area contributed by atoms with Gasteiger partial charge in [-0.25, -0.2) is 0 Å². The van der Waals surface area contributed by atoms with Gasteiger partial charge in [-0.15, -0.1) is 0 Å². The normalized spacial score (nSPS) is 11.3. The number of hydrogen-bond acceptors (Lipinski definition) is 4. The second kappa shape index (κ2) is 11.9. The van der Waals surface area contributed by atoms with Gasteiger partial charge >= 0.3 is 7.32 Å². The Morgan fingerprint density at radius 2 is 1.40 bits per heavy atom. The van der Waals surface area contributed by atoms with Crippen LogP contribution in [0.2, 0.25) is 10.0 Å². The number of nitrogens with zero attached hydrogens (tertiary/aromatic N) is 1. The van der Waals surface area contributed by atoms with Crippen LogP contribution in [0.25, 0.3) is 5.57 Å². The van der Waals surface area contributed by atoms with E-state index in [0.29, 0.717) is 21.5 Å². The Labute approximate surface area is 216 Å². The molecule has 0 fully saturated rings.